The number of nitrogens with zero attached hydrogens (tertiary/aromatic N) is 2. The third-order valence-electron chi connectivity index (χ3n) is 5.07. The molecule has 2 heterocycles. The molecule has 1 saturated heterocycles. The van der Waals surface area contributed by atoms with Crippen molar-refractivity contribution in [3.8, 4) is 22.8 Å². The summed E-state index contributed by atoms with van der Waals surface area (Å²) in [7, 11) is 0. The molecule has 0 aliphatic carbocycles. The van der Waals surface area contributed by atoms with Crippen LogP contribution >= 0.6 is 0 Å². The molecule has 0 atom stereocenters. The monoisotopic (exact) mass is 400 g/mol. The minimum Gasteiger partial charge on any atom is -0.503 e. The number of aromatic nitrogens is 1. The standard InChI is InChI=1S/C22H22F2N2O3/c1-14-11-18(25-19-13-17(23)22(27)21(24)20(14)19)15-3-2-4-16(12-15)29-10-7-26-5-8-28-9-6-26/h2-4,11-13,27H,5-10H2,1H3. The zero-order valence-electron chi connectivity index (χ0n) is 16.1. The number of fused-ring (bicyclic) bond motifs is 1. The maximum Gasteiger partial charge on any atom is 0.188 e. The summed E-state index contributed by atoms with van der Waals surface area (Å²) in [6.07, 6.45) is 0. The minimum atomic E-state index is -1.03. The second-order valence-electron chi connectivity index (χ2n) is 7.07. The van der Waals surface area contributed by atoms with Gasteiger partial charge in [-0.25, -0.2) is 13.8 Å². The van der Waals surface area contributed by atoms with E-state index in [0.717, 1.165) is 44.5 Å². The van der Waals surface area contributed by atoms with Gasteiger partial charge in [-0.05, 0) is 30.7 Å². The van der Waals surface area contributed by atoms with Crippen LogP contribution in [0.15, 0.2) is 36.4 Å². The van der Waals surface area contributed by atoms with E-state index in [2.05, 4.69) is 9.88 Å². The average Bonchev–Trinajstić information content (AvgIpc) is 2.72. The fraction of sp³-hybridized carbons (Fsp3) is 0.318. The van der Waals surface area contributed by atoms with E-state index in [0.29, 0.717) is 23.6 Å². The van der Waals surface area contributed by atoms with Gasteiger partial charge in [0.05, 0.1) is 24.4 Å². The molecule has 1 aliphatic heterocycles. The number of halogens is 2. The van der Waals surface area contributed by atoms with Gasteiger partial charge in [0.1, 0.15) is 12.4 Å². The molecule has 0 spiro atoms. The van der Waals surface area contributed by atoms with E-state index in [-0.39, 0.29) is 10.9 Å². The van der Waals surface area contributed by atoms with Gasteiger partial charge in [-0.15, -0.1) is 0 Å². The van der Waals surface area contributed by atoms with Crippen LogP contribution in [-0.4, -0.2) is 54.4 Å². The van der Waals surface area contributed by atoms with E-state index < -0.39 is 17.4 Å². The van der Waals surface area contributed by atoms with Gasteiger partial charge >= 0.3 is 0 Å². The smallest absolute Gasteiger partial charge is 0.188 e. The Morgan fingerprint density at radius 1 is 1.17 bits per heavy atom. The number of morpholine rings is 1. The SMILES string of the molecule is Cc1cc(-c2cccc(OCCN3CCOCC3)c2)nc2cc(F)c(O)c(F)c12. The van der Waals surface area contributed by atoms with Crippen molar-refractivity contribution >= 4 is 10.9 Å². The second kappa shape index (κ2) is 8.31. The Balaban J connectivity index is 1.56. The molecule has 0 radical (unpaired) electrons. The average molecular weight is 400 g/mol. The number of hydrogen-bond acceptors (Lipinski definition) is 5. The van der Waals surface area contributed by atoms with Crippen LogP contribution < -0.4 is 4.74 Å². The van der Waals surface area contributed by atoms with Crippen molar-refractivity contribution in [3.63, 3.8) is 0 Å². The van der Waals surface area contributed by atoms with Gasteiger partial charge in [-0.1, -0.05) is 12.1 Å². The Morgan fingerprint density at radius 2 is 1.97 bits per heavy atom. The third kappa shape index (κ3) is 4.16. The van der Waals surface area contributed by atoms with E-state index >= 15 is 0 Å². The fourth-order valence-electron chi connectivity index (χ4n) is 3.51. The predicted octanol–water partition coefficient (Wildman–Crippen LogP) is 3.91. The highest BCUT2D eigenvalue weighted by atomic mass is 19.1. The topological polar surface area (TPSA) is 54.8 Å². The van der Waals surface area contributed by atoms with Crippen LogP contribution in [0.25, 0.3) is 22.2 Å². The molecule has 2 aromatic carbocycles. The summed E-state index contributed by atoms with van der Waals surface area (Å²) in [6, 6.07) is 10.2. The van der Waals surface area contributed by atoms with Crippen LogP contribution in [0.2, 0.25) is 0 Å². The Labute approximate surface area is 167 Å². The molecule has 5 nitrogen and oxygen atoms in total. The summed E-state index contributed by atoms with van der Waals surface area (Å²) in [5.41, 5.74) is 2.09. The quantitative estimate of drug-likeness (QED) is 0.704. The van der Waals surface area contributed by atoms with Crippen molar-refractivity contribution in [2.75, 3.05) is 39.5 Å². The number of ether oxygens (including phenoxy) is 2. The molecule has 29 heavy (non-hydrogen) atoms. The van der Waals surface area contributed by atoms with Crippen molar-refractivity contribution in [3.05, 3.63) is 53.6 Å². The third-order valence-corrected chi connectivity index (χ3v) is 5.07. The molecular weight excluding hydrogens is 378 g/mol. The van der Waals surface area contributed by atoms with Crippen molar-refractivity contribution in [1.82, 2.24) is 9.88 Å². The van der Waals surface area contributed by atoms with Gasteiger partial charge in [0, 0.05) is 36.7 Å². The zero-order valence-corrected chi connectivity index (χ0v) is 16.1. The molecular formula is C22H22F2N2O3. The molecule has 0 amide bonds. The predicted molar refractivity (Wildman–Crippen MR) is 106 cm³/mol. The van der Waals surface area contributed by atoms with Crippen molar-refractivity contribution in [2.45, 2.75) is 6.92 Å². The molecule has 1 aliphatic rings. The number of rotatable bonds is 5. The molecule has 152 valence electrons. The fourth-order valence-corrected chi connectivity index (χ4v) is 3.51. The summed E-state index contributed by atoms with van der Waals surface area (Å²) < 4.78 is 39.2. The number of aromatic hydroxyl groups is 1. The molecule has 1 fully saturated rings. The highest BCUT2D eigenvalue weighted by Gasteiger charge is 2.17. The lowest BCUT2D eigenvalue weighted by atomic mass is 10.0. The molecule has 0 bridgehead atoms. The van der Waals surface area contributed by atoms with Gasteiger partial charge < -0.3 is 14.6 Å². The maximum atomic E-state index is 14.2. The summed E-state index contributed by atoms with van der Waals surface area (Å²) in [4.78, 5) is 6.69. The normalized spacial score (nSPS) is 15.0. The van der Waals surface area contributed by atoms with Gasteiger partial charge in [-0.3, -0.25) is 4.90 Å². The lowest BCUT2D eigenvalue weighted by molar-refractivity contribution is 0.0322. The molecule has 1 N–H and O–H groups in total. The Morgan fingerprint density at radius 3 is 2.76 bits per heavy atom. The second-order valence-corrected chi connectivity index (χ2v) is 7.07. The van der Waals surface area contributed by atoms with Crippen LogP contribution in [0.4, 0.5) is 8.78 Å². The highest BCUT2D eigenvalue weighted by molar-refractivity contribution is 5.87. The van der Waals surface area contributed by atoms with E-state index in [1.54, 1.807) is 13.0 Å². The summed E-state index contributed by atoms with van der Waals surface area (Å²) in [5, 5.41) is 9.64. The van der Waals surface area contributed by atoms with Crippen LogP contribution in [-0.2, 0) is 4.74 Å². The Bertz CT molecular complexity index is 1040. The van der Waals surface area contributed by atoms with Crippen LogP contribution in [0, 0.1) is 18.6 Å². The molecule has 1 aromatic heterocycles. The first-order valence-corrected chi connectivity index (χ1v) is 9.54. The lowest BCUT2D eigenvalue weighted by Gasteiger charge is -2.26. The molecule has 4 rings (SSSR count). The first-order valence-electron chi connectivity index (χ1n) is 9.54. The zero-order chi connectivity index (χ0) is 20.4. The molecule has 3 aromatic rings. The van der Waals surface area contributed by atoms with E-state index in [9.17, 15) is 13.9 Å². The molecule has 0 saturated carbocycles. The summed E-state index contributed by atoms with van der Waals surface area (Å²) in [5.74, 6) is -2.29. The van der Waals surface area contributed by atoms with Gasteiger partial charge in [0.15, 0.2) is 17.4 Å². The van der Waals surface area contributed by atoms with E-state index in [1.807, 2.05) is 24.3 Å². The first-order chi connectivity index (χ1) is 14.0. The molecule has 7 heteroatoms. The van der Waals surface area contributed by atoms with Gasteiger partial charge in [0.2, 0.25) is 0 Å². The number of phenols is 1. The number of phenolic OH excluding ortho intramolecular Hbond substituents is 1. The first kappa shape index (κ1) is 19.5. The van der Waals surface area contributed by atoms with E-state index in [4.69, 9.17) is 9.47 Å². The number of benzene rings is 2. The maximum absolute atomic E-state index is 14.2. The van der Waals surface area contributed by atoms with Crippen LogP contribution in [0.1, 0.15) is 5.56 Å². The highest BCUT2D eigenvalue weighted by Crippen LogP contribution is 2.33. The Kier molecular flexibility index (Phi) is 5.60. The van der Waals surface area contributed by atoms with Crippen molar-refractivity contribution in [1.29, 1.82) is 0 Å². The van der Waals surface area contributed by atoms with Crippen molar-refractivity contribution in [2.24, 2.45) is 0 Å². The van der Waals surface area contributed by atoms with Crippen LogP contribution in [0.5, 0.6) is 11.5 Å². The minimum absolute atomic E-state index is 0.116. The number of hydrogen-bond donors (Lipinski definition) is 1. The van der Waals surface area contributed by atoms with Gasteiger partial charge in [0.25, 0.3) is 0 Å². The summed E-state index contributed by atoms with van der Waals surface area (Å²) in [6.45, 7) is 6.41. The van der Waals surface area contributed by atoms with E-state index in [1.165, 1.54) is 0 Å². The summed E-state index contributed by atoms with van der Waals surface area (Å²) >= 11 is 0. The van der Waals surface area contributed by atoms with Gasteiger partial charge in [-0.2, -0.15) is 0 Å². The largest absolute Gasteiger partial charge is 0.503 e. The number of pyridine rings is 1. The van der Waals surface area contributed by atoms with Crippen LogP contribution in [0.3, 0.4) is 0 Å². The lowest BCUT2D eigenvalue weighted by Crippen LogP contribution is -2.38. The number of aryl methyl sites for hydroxylation is 1. The Hall–Kier alpha value is -2.77. The molecule has 0 unspecified atom stereocenters. The van der Waals surface area contributed by atoms with Crippen molar-refractivity contribution < 1.29 is 23.4 Å².